The average Bonchev–Trinajstić information content (AvgIpc) is 2.15. The van der Waals surface area contributed by atoms with E-state index in [4.69, 9.17) is 5.11 Å². The number of nitrogens with zero attached hydrogens (tertiary/aromatic N) is 1. The summed E-state index contributed by atoms with van der Waals surface area (Å²) in [5.74, 6) is -1.03. The molecule has 1 N–H and O–H groups in total. The average molecular weight is 179 g/mol. The highest BCUT2D eigenvalue weighted by molar-refractivity contribution is 5.69. The first-order valence-electron chi connectivity index (χ1n) is 4.33. The van der Waals surface area contributed by atoms with Gasteiger partial charge in [0.15, 0.2) is 0 Å². The van der Waals surface area contributed by atoms with Crippen LogP contribution in [0.25, 0.3) is 0 Å². The summed E-state index contributed by atoms with van der Waals surface area (Å²) in [7, 11) is 0. The highest BCUT2D eigenvalue weighted by Crippen LogP contribution is 2.07. The molecular weight excluding hydrogens is 166 g/mol. The number of rotatable bonds is 4. The second-order valence-electron chi connectivity index (χ2n) is 3.10. The fourth-order valence-electron chi connectivity index (χ4n) is 1.03. The van der Waals surface area contributed by atoms with E-state index in [0.29, 0.717) is 6.42 Å². The molecule has 13 heavy (non-hydrogen) atoms. The SMILES string of the molecule is CC(CCc1ccccn1)C(=O)O. The molecule has 1 atom stereocenters. The van der Waals surface area contributed by atoms with Crippen LogP contribution in [0.3, 0.4) is 0 Å². The lowest BCUT2D eigenvalue weighted by molar-refractivity contribution is -0.141. The summed E-state index contributed by atoms with van der Waals surface area (Å²) in [6.45, 7) is 1.71. The molecule has 70 valence electrons. The van der Waals surface area contributed by atoms with Crippen molar-refractivity contribution >= 4 is 5.97 Å². The molecule has 1 aromatic heterocycles. The van der Waals surface area contributed by atoms with Crippen LogP contribution in [0, 0.1) is 5.92 Å². The number of aromatic nitrogens is 1. The van der Waals surface area contributed by atoms with Gasteiger partial charge in [0.05, 0.1) is 5.92 Å². The molecule has 0 saturated carbocycles. The molecule has 0 aromatic carbocycles. The Morgan fingerprint density at radius 1 is 1.62 bits per heavy atom. The van der Waals surface area contributed by atoms with E-state index in [2.05, 4.69) is 4.98 Å². The molecule has 0 saturated heterocycles. The fraction of sp³-hybridized carbons (Fsp3) is 0.400. The van der Waals surface area contributed by atoms with Gasteiger partial charge in [-0.15, -0.1) is 0 Å². The number of hydrogen-bond acceptors (Lipinski definition) is 2. The van der Waals surface area contributed by atoms with Crippen molar-refractivity contribution in [2.75, 3.05) is 0 Å². The summed E-state index contributed by atoms with van der Waals surface area (Å²) in [6, 6.07) is 5.67. The smallest absolute Gasteiger partial charge is 0.306 e. The zero-order valence-corrected chi connectivity index (χ0v) is 7.60. The highest BCUT2D eigenvalue weighted by Gasteiger charge is 2.10. The zero-order valence-electron chi connectivity index (χ0n) is 7.60. The Bertz CT molecular complexity index is 272. The van der Waals surface area contributed by atoms with Crippen LogP contribution >= 0.6 is 0 Å². The van der Waals surface area contributed by atoms with E-state index in [0.717, 1.165) is 12.1 Å². The third kappa shape index (κ3) is 3.23. The minimum absolute atomic E-state index is 0.290. The summed E-state index contributed by atoms with van der Waals surface area (Å²) >= 11 is 0. The fourth-order valence-corrected chi connectivity index (χ4v) is 1.03. The first-order valence-corrected chi connectivity index (χ1v) is 4.33. The van der Waals surface area contributed by atoms with Gasteiger partial charge in [-0.3, -0.25) is 9.78 Å². The molecule has 3 nitrogen and oxygen atoms in total. The molecule has 0 radical (unpaired) electrons. The first kappa shape index (κ1) is 9.71. The third-order valence-electron chi connectivity index (χ3n) is 1.98. The van der Waals surface area contributed by atoms with Gasteiger partial charge in [-0.05, 0) is 25.0 Å². The predicted octanol–water partition coefficient (Wildman–Crippen LogP) is 1.73. The molecule has 0 aliphatic heterocycles. The van der Waals surface area contributed by atoms with Crippen molar-refractivity contribution in [2.45, 2.75) is 19.8 Å². The zero-order chi connectivity index (χ0) is 9.68. The van der Waals surface area contributed by atoms with Crippen molar-refractivity contribution in [3.05, 3.63) is 30.1 Å². The van der Waals surface area contributed by atoms with Gasteiger partial charge < -0.3 is 5.11 Å². The molecule has 0 aliphatic carbocycles. The lowest BCUT2D eigenvalue weighted by Gasteiger charge is -2.04. The maximum absolute atomic E-state index is 10.5. The van der Waals surface area contributed by atoms with Gasteiger partial charge in [0.25, 0.3) is 0 Å². The quantitative estimate of drug-likeness (QED) is 0.765. The van der Waals surface area contributed by atoms with Gasteiger partial charge in [-0.1, -0.05) is 13.0 Å². The molecule has 0 fully saturated rings. The maximum Gasteiger partial charge on any atom is 0.306 e. The van der Waals surface area contributed by atoms with Crippen molar-refractivity contribution < 1.29 is 9.90 Å². The Hall–Kier alpha value is -1.38. The number of carbonyl (C=O) groups is 1. The van der Waals surface area contributed by atoms with Gasteiger partial charge in [0.2, 0.25) is 0 Å². The molecule has 1 rings (SSSR count). The van der Waals surface area contributed by atoms with Crippen LogP contribution in [0.15, 0.2) is 24.4 Å². The summed E-state index contributed by atoms with van der Waals surface area (Å²) in [5.41, 5.74) is 0.954. The van der Waals surface area contributed by atoms with E-state index in [1.54, 1.807) is 13.1 Å². The van der Waals surface area contributed by atoms with Crippen molar-refractivity contribution in [3.8, 4) is 0 Å². The summed E-state index contributed by atoms with van der Waals surface area (Å²) in [4.78, 5) is 14.6. The minimum Gasteiger partial charge on any atom is -0.481 e. The van der Waals surface area contributed by atoms with Crippen LogP contribution in [-0.2, 0) is 11.2 Å². The third-order valence-corrected chi connectivity index (χ3v) is 1.98. The normalized spacial score (nSPS) is 12.4. The lowest BCUT2D eigenvalue weighted by Crippen LogP contribution is -2.10. The topological polar surface area (TPSA) is 50.2 Å². The van der Waals surface area contributed by atoms with E-state index in [1.807, 2.05) is 18.2 Å². The van der Waals surface area contributed by atoms with Gasteiger partial charge in [-0.25, -0.2) is 0 Å². The molecular formula is C10H13NO2. The second kappa shape index (κ2) is 4.60. The monoisotopic (exact) mass is 179 g/mol. The molecule has 0 amide bonds. The number of carboxylic acids is 1. The minimum atomic E-state index is -0.740. The van der Waals surface area contributed by atoms with Crippen molar-refractivity contribution in [1.82, 2.24) is 4.98 Å². The Morgan fingerprint density at radius 3 is 2.92 bits per heavy atom. The molecule has 1 heterocycles. The summed E-state index contributed by atoms with van der Waals surface area (Å²) in [5, 5.41) is 8.64. The van der Waals surface area contributed by atoms with Crippen molar-refractivity contribution in [3.63, 3.8) is 0 Å². The highest BCUT2D eigenvalue weighted by atomic mass is 16.4. The lowest BCUT2D eigenvalue weighted by atomic mass is 10.0. The number of carboxylic acid groups (broad SMARTS) is 1. The van der Waals surface area contributed by atoms with Crippen LogP contribution in [0.4, 0.5) is 0 Å². The van der Waals surface area contributed by atoms with Crippen LogP contribution in [0.2, 0.25) is 0 Å². The Balaban J connectivity index is 2.39. The molecule has 0 aliphatic rings. The Labute approximate surface area is 77.4 Å². The number of pyridine rings is 1. The van der Waals surface area contributed by atoms with Gasteiger partial charge in [0.1, 0.15) is 0 Å². The summed E-state index contributed by atoms with van der Waals surface area (Å²) in [6.07, 6.45) is 3.10. The number of hydrogen-bond donors (Lipinski definition) is 1. The molecule has 0 spiro atoms. The van der Waals surface area contributed by atoms with Crippen molar-refractivity contribution in [1.29, 1.82) is 0 Å². The maximum atomic E-state index is 10.5. The standard InChI is InChI=1S/C10H13NO2/c1-8(10(12)13)5-6-9-4-2-3-7-11-9/h2-4,7-8H,5-6H2,1H3,(H,12,13). The summed E-state index contributed by atoms with van der Waals surface area (Å²) < 4.78 is 0. The second-order valence-corrected chi connectivity index (χ2v) is 3.10. The largest absolute Gasteiger partial charge is 0.481 e. The predicted molar refractivity (Wildman–Crippen MR) is 49.4 cm³/mol. The van der Waals surface area contributed by atoms with E-state index in [1.165, 1.54) is 0 Å². The van der Waals surface area contributed by atoms with Gasteiger partial charge in [-0.2, -0.15) is 0 Å². The molecule has 0 bridgehead atoms. The van der Waals surface area contributed by atoms with E-state index in [9.17, 15) is 4.79 Å². The molecule has 1 aromatic rings. The van der Waals surface area contributed by atoms with Gasteiger partial charge in [0, 0.05) is 11.9 Å². The number of aryl methyl sites for hydroxylation is 1. The van der Waals surface area contributed by atoms with Crippen LogP contribution in [0.5, 0.6) is 0 Å². The van der Waals surface area contributed by atoms with E-state index in [-0.39, 0.29) is 5.92 Å². The number of aliphatic carboxylic acids is 1. The van der Waals surface area contributed by atoms with Gasteiger partial charge >= 0.3 is 5.97 Å². The Kier molecular flexibility index (Phi) is 3.43. The van der Waals surface area contributed by atoms with Crippen LogP contribution in [-0.4, -0.2) is 16.1 Å². The van der Waals surface area contributed by atoms with Crippen LogP contribution < -0.4 is 0 Å². The van der Waals surface area contributed by atoms with E-state index >= 15 is 0 Å². The Morgan fingerprint density at radius 2 is 2.38 bits per heavy atom. The molecule has 3 heteroatoms. The molecule has 1 unspecified atom stereocenters. The first-order chi connectivity index (χ1) is 6.20. The van der Waals surface area contributed by atoms with Crippen LogP contribution in [0.1, 0.15) is 19.0 Å². The van der Waals surface area contributed by atoms with Crippen molar-refractivity contribution in [2.24, 2.45) is 5.92 Å². The van der Waals surface area contributed by atoms with E-state index < -0.39 is 5.97 Å².